The first-order valence-corrected chi connectivity index (χ1v) is 8.41. The number of rotatable bonds is 3. The standard InChI is InChI=1S/C17H19ClF3N3/c18-15-7-12(6-14(16(15)22)17(19,20)21)13-8-23-24(10-13)9-11-4-2-1-3-5-11/h6-8,10-11H,1-5,9,22H2. The highest BCUT2D eigenvalue weighted by atomic mass is 35.5. The molecule has 1 aliphatic rings. The van der Waals surface area contributed by atoms with Crippen molar-refractivity contribution in [2.75, 3.05) is 5.73 Å². The number of aromatic nitrogens is 2. The van der Waals surface area contributed by atoms with Gasteiger partial charge in [0.05, 0.1) is 22.5 Å². The van der Waals surface area contributed by atoms with Crippen molar-refractivity contribution in [3.8, 4) is 11.1 Å². The van der Waals surface area contributed by atoms with E-state index < -0.39 is 17.4 Å². The number of nitrogens with zero attached hydrogens (tertiary/aromatic N) is 2. The number of alkyl halides is 3. The minimum Gasteiger partial charge on any atom is -0.397 e. The third-order valence-electron chi connectivity index (χ3n) is 4.57. The maximum absolute atomic E-state index is 13.1. The van der Waals surface area contributed by atoms with Gasteiger partial charge in [0.2, 0.25) is 0 Å². The van der Waals surface area contributed by atoms with Crippen LogP contribution < -0.4 is 5.73 Å². The van der Waals surface area contributed by atoms with Crippen LogP contribution in [0.5, 0.6) is 0 Å². The zero-order valence-electron chi connectivity index (χ0n) is 13.1. The summed E-state index contributed by atoms with van der Waals surface area (Å²) >= 11 is 5.89. The Kier molecular flexibility index (Phi) is 4.76. The molecule has 0 bridgehead atoms. The second kappa shape index (κ2) is 6.67. The second-order valence-corrected chi connectivity index (χ2v) is 6.78. The first-order valence-electron chi connectivity index (χ1n) is 8.03. The molecule has 0 amide bonds. The topological polar surface area (TPSA) is 43.8 Å². The third-order valence-corrected chi connectivity index (χ3v) is 4.88. The lowest BCUT2D eigenvalue weighted by Crippen LogP contribution is -2.14. The number of hydrogen-bond acceptors (Lipinski definition) is 2. The number of halogens is 4. The van der Waals surface area contributed by atoms with E-state index in [9.17, 15) is 13.2 Å². The molecule has 1 aromatic carbocycles. The van der Waals surface area contributed by atoms with Crippen molar-refractivity contribution in [2.24, 2.45) is 5.92 Å². The Hall–Kier alpha value is -1.69. The van der Waals surface area contributed by atoms with Crippen LogP contribution in [0, 0.1) is 5.92 Å². The van der Waals surface area contributed by atoms with Crippen molar-refractivity contribution >= 4 is 17.3 Å². The average Bonchev–Trinajstić information content (AvgIpc) is 2.98. The molecular weight excluding hydrogens is 339 g/mol. The van der Waals surface area contributed by atoms with Crippen molar-refractivity contribution in [3.63, 3.8) is 0 Å². The first-order chi connectivity index (χ1) is 11.3. The molecule has 7 heteroatoms. The number of nitrogen functional groups attached to an aromatic ring is 1. The van der Waals surface area contributed by atoms with Gasteiger partial charge in [0, 0.05) is 18.3 Å². The normalized spacial score (nSPS) is 16.5. The summed E-state index contributed by atoms with van der Waals surface area (Å²) in [4.78, 5) is 0. The lowest BCUT2D eigenvalue weighted by atomic mass is 9.89. The number of benzene rings is 1. The molecule has 3 nitrogen and oxygen atoms in total. The van der Waals surface area contributed by atoms with Gasteiger partial charge in [-0.15, -0.1) is 0 Å². The van der Waals surface area contributed by atoms with E-state index in [0.29, 0.717) is 17.0 Å². The highest BCUT2D eigenvalue weighted by Crippen LogP contribution is 2.40. The van der Waals surface area contributed by atoms with E-state index >= 15 is 0 Å². The van der Waals surface area contributed by atoms with E-state index in [2.05, 4.69) is 5.10 Å². The summed E-state index contributed by atoms with van der Waals surface area (Å²) in [7, 11) is 0. The molecule has 1 fully saturated rings. The van der Waals surface area contributed by atoms with Gasteiger partial charge in [-0.3, -0.25) is 4.68 Å². The highest BCUT2D eigenvalue weighted by molar-refractivity contribution is 6.33. The van der Waals surface area contributed by atoms with E-state index in [-0.39, 0.29) is 5.02 Å². The van der Waals surface area contributed by atoms with Crippen molar-refractivity contribution in [2.45, 2.75) is 44.8 Å². The molecule has 1 aliphatic carbocycles. The number of hydrogen-bond donors (Lipinski definition) is 1. The van der Waals surface area contributed by atoms with Crippen molar-refractivity contribution in [1.82, 2.24) is 9.78 Å². The molecule has 0 unspecified atom stereocenters. The van der Waals surface area contributed by atoms with Crippen LogP contribution in [0.25, 0.3) is 11.1 Å². The number of anilines is 1. The fraction of sp³-hybridized carbons (Fsp3) is 0.471. The second-order valence-electron chi connectivity index (χ2n) is 6.37. The van der Waals surface area contributed by atoms with Crippen LogP contribution in [0.4, 0.5) is 18.9 Å². The average molecular weight is 358 g/mol. The Labute approximate surface area is 143 Å². The van der Waals surface area contributed by atoms with Gasteiger partial charge in [-0.1, -0.05) is 30.9 Å². The molecule has 3 rings (SSSR count). The van der Waals surface area contributed by atoms with Crippen LogP contribution in [0.2, 0.25) is 5.02 Å². The molecule has 2 N–H and O–H groups in total. The van der Waals surface area contributed by atoms with Crippen molar-refractivity contribution < 1.29 is 13.2 Å². The van der Waals surface area contributed by atoms with Gasteiger partial charge in [0.25, 0.3) is 0 Å². The molecule has 0 saturated heterocycles. The van der Waals surface area contributed by atoms with E-state index in [1.54, 1.807) is 12.4 Å². The lowest BCUT2D eigenvalue weighted by Gasteiger charge is -2.21. The first kappa shape index (κ1) is 17.1. The SMILES string of the molecule is Nc1c(Cl)cc(-c2cnn(CC3CCCCC3)c2)cc1C(F)(F)F. The van der Waals surface area contributed by atoms with Gasteiger partial charge in [-0.25, -0.2) is 0 Å². The van der Waals surface area contributed by atoms with E-state index in [0.717, 1.165) is 12.6 Å². The summed E-state index contributed by atoms with van der Waals surface area (Å²) < 4.78 is 41.0. The molecule has 130 valence electrons. The quantitative estimate of drug-likeness (QED) is 0.749. The summed E-state index contributed by atoms with van der Waals surface area (Å²) in [6, 6.07) is 2.48. The van der Waals surface area contributed by atoms with Crippen molar-refractivity contribution in [3.05, 3.63) is 35.1 Å². The molecule has 0 spiro atoms. The molecular formula is C17H19ClF3N3. The summed E-state index contributed by atoms with van der Waals surface area (Å²) in [6.07, 6.45) is 4.93. The van der Waals surface area contributed by atoms with Crippen LogP contribution in [-0.4, -0.2) is 9.78 Å². The summed E-state index contributed by atoms with van der Waals surface area (Å²) in [5.41, 5.74) is 5.10. The summed E-state index contributed by atoms with van der Waals surface area (Å²) in [6.45, 7) is 0.800. The van der Waals surface area contributed by atoms with Gasteiger partial charge in [0.1, 0.15) is 0 Å². The zero-order chi connectivity index (χ0) is 17.3. The van der Waals surface area contributed by atoms with Crippen LogP contribution >= 0.6 is 11.6 Å². The molecule has 1 aromatic heterocycles. The Balaban J connectivity index is 1.85. The zero-order valence-corrected chi connectivity index (χ0v) is 13.9. The molecule has 0 aliphatic heterocycles. The highest BCUT2D eigenvalue weighted by Gasteiger charge is 2.34. The monoisotopic (exact) mass is 357 g/mol. The Morgan fingerprint density at radius 2 is 1.88 bits per heavy atom. The molecule has 1 saturated carbocycles. The summed E-state index contributed by atoms with van der Waals surface area (Å²) in [5, 5.41) is 4.19. The fourth-order valence-electron chi connectivity index (χ4n) is 3.27. The van der Waals surface area contributed by atoms with Gasteiger partial charge in [0.15, 0.2) is 0 Å². The Morgan fingerprint density at radius 1 is 1.17 bits per heavy atom. The largest absolute Gasteiger partial charge is 0.418 e. The maximum Gasteiger partial charge on any atom is 0.418 e. The molecule has 0 atom stereocenters. The minimum absolute atomic E-state index is 0.0974. The summed E-state index contributed by atoms with van der Waals surface area (Å²) in [5.74, 6) is 0.590. The molecule has 0 radical (unpaired) electrons. The predicted octanol–water partition coefficient (Wildman–Crippen LogP) is 5.38. The van der Waals surface area contributed by atoms with E-state index in [1.807, 2.05) is 4.68 Å². The van der Waals surface area contributed by atoms with Crippen LogP contribution in [0.3, 0.4) is 0 Å². The van der Waals surface area contributed by atoms with Crippen molar-refractivity contribution in [1.29, 1.82) is 0 Å². The minimum atomic E-state index is -4.54. The van der Waals surface area contributed by atoms with E-state index in [1.165, 1.54) is 38.2 Å². The smallest absolute Gasteiger partial charge is 0.397 e. The molecule has 24 heavy (non-hydrogen) atoms. The number of nitrogens with two attached hydrogens (primary N) is 1. The van der Waals surface area contributed by atoms with Gasteiger partial charge in [-0.2, -0.15) is 18.3 Å². The third kappa shape index (κ3) is 3.69. The predicted molar refractivity (Wildman–Crippen MR) is 88.7 cm³/mol. The molecule has 1 heterocycles. The van der Waals surface area contributed by atoms with E-state index in [4.69, 9.17) is 17.3 Å². The lowest BCUT2D eigenvalue weighted by molar-refractivity contribution is -0.136. The Bertz CT molecular complexity index is 718. The van der Waals surface area contributed by atoms with Crippen LogP contribution in [0.15, 0.2) is 24.5 Å². The molecule has 2 aromatic rings. The van der Waals surface area contributed by atoms with Crippen LogP contribution in [-0.2, 0) is 12.7 Å². The van der Waals surface area contributed by atoms with Gasteiger partial charge in [-0.05, 0) is 36.5 Å². The van der Waals surface area contributed by atoms with Crippen LogP contribution in [0.1, 0.15) is 37.7 Å². The van der Waals surface area contributed by atoms with Gasteiger partial charge < -0.3 is 5.73 Å². The Morgan fingerprint density at radius 3 is 2.54 bits per heavy atom. The fourth-order valence-corrected chi connectivity index (χ4v) is 3.49. The maximum atomic E-state index is 13.1. The van der Waals surface area contributed by atoms with Gasteiger partial charge >= 0.3 is 6.18 Å².